The fourth-order valence-corrected chi connectivity index (χ4v) is 3.38. The number of rotatable bonds is 6. The van der Waals surface area contributed by atoms with E-state index in [1.807, 2.05) is 31.6 Å². The Morgan fingerprint density at radius 2 is 1.88 bits per heavy atom. The van der Waals surface area contributed by atoms with Gasteiger partial charge in [0.15, 0.2) is 0 Å². The topological polar surface area (TPSA) is 46.9 Å². The van der Waals surface area contributed by atoms with Crippen molar-refractivity contribution in [1.82, 2.24) is 15.1 Å². The maximum absolute atomic E-state index is 12.4. The predicted octanol–water partition coefficient (Wildman–Crippen LogP) is 3.45. The fraction of sp³-hybridized carbons (Fsp3) is 0.500. The van der Waals surface area contributed by atoms with Gasteiger partial charge in [0.25, 0.3) is 0 Å². The maximum atomic E-state index is 12.4. The lowest BCUT2D eigenvalue weighted by molar-refractivity contribution is -0.121. The van der Waals surface area contributed by atoms with Crippen LogP contribution in [-0.2, 0) is 23.7 Å². The van der Waals surface area contributed by atoms with E-state index in [9.17, 15) is 4.79 Å². The van der Waals surface area contributed by atoms with Gasteiger partial charge in [-0.3, -0.25) is 9.48 Å². The first-order valence-corrected chi connectivity index (χ1v) is 8.54. The lowest BCUT2D eigenvalue weighted by Gasteiger charge is -2.29. The van der Waals surface area contributed by atoms with E-state index in [0.29, 0.717) is 6.42 Å². The van der Waals surface area contributed by atoms with Crippen LogP contribution in [0.15, 0.2) is 30.3 Å². The summed E-state index contributed by atoms with van der Waals surface area (Å²) in [5, 5.41) is 7.52. The summed E-state index contributed by atoms with van der Waals surface area (Å²) >= 11 is 0. The minimum absolute atomic E-state index is 0.0219. The Morgan fingerprint density at radius 3 is 2.42 bits per heavy atom. The monoisotopic (exact) mass is 327 g/mol. The third-order valence-electron chi connectivity index (χ3n) is 4.78. The molecular formula is C20H29N3O. The molecule has 1 N–H and O–H groups in total. The van der Waals surface area contributed by atoms with Crippen molar-refractivity contribution in [1.29, 1.82) is 0 Å². The maximum Gasteiger partial charge on any atom is 0.224 e. The van der Waals surface area contributed by atoms with E-state index < -0.39 is 0 Å². The van der Waals surface area contributed by atoms with Crippen molar-refractivity contribution in [3.05, 3.63) is 52.8 Å². The number of hydrogen-bond acceptors (Lipinski definition) is 2. The van der Waals surface area contributed by atoms with Gasteiger partial charge in [-0.1, -0.05) is 44.2 Å². The van der Waals surface area contributed by atoms with Crippen LogP contribution in [0.25, 0.3) is 0 Å². The summed E-state index contributed by atoms with van der Waals surface area (Å²) in [5.41, 5.74) is 4.34. The number of amides is 1. The number of carbonyl (C=O) groups excluding carboxylic acids is 1. The molecule has 0 fully saturated rings. The molecule has 0 aliphatic heterocycles. The zero-order chi connectivity index (χ0) is 17.9. The van der Waals surface area contributed by atoms with Crippen LogP contribution < -0.4 is 5.32 Å². The molecule has 0 radical (unpaired) electrons. The molecule has 1 amide bonds. The highest BCUT2D eigenvalue weighted by Crippen LogP contribution is 2.28. The van der Waals surface area contributed by atoms with E-state index in [1.54, 1.807) is 0 Å². The lowest BCUT2D eigenvalue weighted by Crippen LogP contribution is -2.38. The molecule has 0 saturated heterocycles. The summed E-state index contributed by atoms with van der Waals surface area (Å²) < 4.78 is 1.83. The molecule has 4 nitrogen and oxygen atoms in total. The second-order valence-electron chi connectivity index (χ2n) is 7.37. The van der Waals surface area contributed by atoms with E-state index in [0.717, 1.165) is 23.4 Å². The average Bonchev–Trinajstić information content (AvgIpc) is 2.74. The van der Waals surface area contributed by atoms with Crippen LogP contribution in [0.3, 0.4) is 0 Å². The van der Waals surface area contributed by atoms with Gasteiger partial charge in [0.2, 0.25) is 5.91 Å². The van der Waals surface area contributed by atoms with Crippen molar-refractivity contribution in [3.8, 4) is 0 Å². The number of hydrogen-bond donors (Lipinski definition) is 1. The van der Waals surface area contributed by atoms with Gasteiger partial charge in [-0.05, 0) is 38.2 Å². The minimum atomic E-state index is 0.0219. The number of nitrogens with zero attached hydrogens (tertiary/aromatic N) is 2. The van der Waals surface area contributed by atoms with Gasteiger partial charge in [0.05, 0.1) is 12.1 Å². The number of aryl methyl sites for hydroxylation is 2. The van der Waals surface area contributed by atoms with Crippen LogP contribution in [0, 0.1) is 13.8 Å². The highest BCUT2D eigenvalue weighted by atomic mass is 16.1. The van der Waals surface area contributed by atoms with Crippen LogP contribution in [-0.4, -0.2) is 21.7 Å². The molecule has 0 aliphatic rings. The van der Waals surface area contributed by atoms with Crippen LogP contribution >= 0.6 is 0 Å². The second kappa shape index (κ2) is 7.20. The van der Waals surface area contributed by atoms with Gasteiger partial charge < -0.3 is 5.32 Å². The quantitative estimate of drug-likeness (QED) is 0.883. The summed E-state index contributed by atoms with van der Waals surface area (Å²) in [5.74, 6) is 0.0607. The van der Waals surface area contributed by atoms with Crippen LogP contribution in [0.4, 0.5) is 0 Å². The molecule has 1 aromatic carbocycles. The Hall–Kier alpha value is -2.10. The molecular weight excluding hydrogens is 298 g/mol. The average molecular weight is 327 g/mol. The van der Waals surface area contributed by atoms with Gasteiger partial charge in [0.1, 0.15) is 0 Å². The smallest absolute Gasteiger partial charge is 0.224 e. The standard InChI is InChI=1S/C20H29N3O/c1-14(13-20(4,5)17-10-8-7-9-11-17)21-19(24)12-18-15(2)22-23(6)16(18)3/h7-11,14H,12-13H2,1-6H3,(H,21,24). The molecule has 1 atom stereocenters. The van der Waals surface area contributed by atoms with E-state index in [4.69, 9.17) is 0 Å². The second-order valence-corrected chi connectivity index (χ2v) is 7.37. The summed E-state index contributed by atoms with van der Waals surface area (Å²) in [6, 6.07) is 10.6. The third kappa shape index (κ3) is 4.25. The van der Waals surface area contributed by atoms with E-state index in [1.165, 1.54) is 5.56 Å². The van der Waals surface area contributed by atoms with E-state index >= 15 is 0 Å². The normalized spacial score (nSPS) is 12.9. The Kier molecular flexibility index (Phi) is 5.47. The molecule has 1 unspecified atom stereocenters. The van der Waals surface area contributed by atoms with Crippen LogP contribution in [0.1, 0.15) is 49.7 Å². The predicted molar refractivity (Wildman–Crippen MR) is 98.1 cm³/mol. The highest BCUT2D eigenvalue weighted by molar-refractivity contribution is 5.79. The fourth-order valence-electron chi connectivity index (χ4n) is 3.38. The number of aromatic nitrogens is 2. The molecule has 0 spiro atoms. The van der Waals surface area contributed by atoms with Crippen molar-refractivity contribution in [2.45, 2.75) is 58.9 Å². The number of carbonyl (C=O) groups is 1. The molecule has 1 heterocycles. The largest absolute Gasteiger partial charge is 0.353 e. The Balaban J connectivity index is 1.97. The lowest BCUT2D eigenvalue weighted by atomic mass is 9.79. The summed E-state index contributed by atoms with van der Waals surface area (Å²) in [6.07, 6.45) is 1.29. The number of benzene rings is 1. The van der Waals surface area contributed by atoms with Gasteiger partial charge in [-0.25, -0.2) is 0 Å². The Morgan fingerprint density at radius 1 is 1.25 bits per heavy atom. The highest BCUT2D eigenvalue weighted by Gasteiger charge is 2.24. The first-order valence-electron chi connectivity index (χ1n) is 8.54. The van der Waals surface area contributed by atoms with Crippen molar-refractivity contribution in [2.24, 2.45) is 7.05 Å². The summed E-state index contributed by atoms with van der Waals surface area (Å²) in [6.45, 7) is 10.5. The molecule has 2 rings (SSSR count). The molecule has 4 heteroatoms. The van der Waals surface area contributed by atoms with Gasteiger partial charge in [-0.15, -0.1) is 0 Å². The molecule has 0 saturated carbocycles. The zero-order valence-corrected chi connectivity index (χ0v) is 15.7. The van der Waals surface area contributed by atoms with Gasteiger partial charge in [0, 0.05) is 24.3 Å². The zero-order valence-electron chi connectivity index (χ0n) is 15.7. The number of nitrogens with one attached hydrogen (secondary N) is 1. The Bertz CT molecular complexity index is 701. The molecule has 1 aromatic heterocycles. The SMILES string of the molecule is Cc1nn(C)c(C)c1CC(=O)NC(C)CC(C)(C)c1ccccc1. The minimum Gasteiger partial charge on any atom is -0.353 e. The molecule has 2 aromatic rings. The van der Waals surface area contributed by atoms with E-state index in [2.05, 4.69) is 55.5 Å². The van der Waals surface area contributed by atoms with Crippen LogP contribution in [0.5, 0.6) is 0 Å². The van der Waals surface area contributed by atoms with Crippen LogP contribution in [0.2, 0.25) is 0 Å². The van der Waals surface area contributed by atoms with Crippen molar-refractivity contribution >= 4 is 5.91 Å². The molecule has 0 aliphatic carbocycles. The van der Waals surface area contributed by atoms with Crippen molar-refractivity contribution in [2.75, 3.05) is 0 Å². The first-order chi connectivity index (χ1) is 11.2. The Labute approximate surface area is 145 Å². The van der Waals surface area contributed by atoms with Gasteiger partial charge >= 0.3 is 0 Å². The summed E-state index contributed by atoms with van der Waals surface area (Å²) in [4.78, 5) is 12.4. The van der Waals surface area contributed by atoms with Crippen molar-refractivity contribution in [3.63, 3.8) is 0 Å². The van der Waals surface area contributed by atoms with Crippen molar-refractivity contribution < 1.29 is 4.79 Å². The van der Waals surface area contributed by atoms with Gasteiger partial charge in [-0.2, -0.15) is 5.10 Å². The molecule has 130 valence electrons. The first kappa shape index (κ1) is 18.2. The molecule has 0 bridgehead atoms. The summed E-state index contributed by atoms with van der Waals surface area (Å²) in [7, 11) is 1.91. The van der Waals surface area contributed by atoms with E-state index in [-0.39, 0.29) is 17.4 Å². The molecule has 24 heavy (non-hydrogen) atoms. The third-order valence-corrected chi connectivity index (χ3v) is 4.78.